The Hall–Kier alpha value is -4.00. The van der Waals surface area contributed by atoms with E-state index in [0.717, 1.165) is 12.5 Å². The molecule has 2 aliphatic rings. The summed E-state index contributed by atoms with van der Waals surface area (Å²) in [6.07, 6.45) is -2.23. The number of halogens is 3. The minimum atomic E-state index is -4.65. The molecule has 0 spiro atoms. The van der Waals surface area contributed by atoms with E-state index in [1.807, 2.05) is 20.8 Å². The van der Waals surface area contributed by atoms with E-state index in [-0.39, 0.29) is 47.8 Å². The highest BCUT2D eigenvalue weighted by atomic mass is 19.4. The highest BCUT2D eigenvalue weighted by molar-refractivity contribution is 5.98. The van der Waals surface area contributed by atoms with E-state index in [9.17, 15) is 18.0 Å². The third kappa shape index (κ3) is 5.37. The molecule has 13 heteroatoms. The van der Waals surface area contributed by atoms with E-state index < -0.39 is 23.2 Å². The topological polar surface area (TPSA) is 142 Å². The molecule has 3 N–H and O–H groups in total. The van der Waals surface area contributed by atoms with Crippen molar-refractivity contribution in [1.29, 1.82) is 0 Å². The van der Waals surface area contributed by atoms with E-state index in [1.165, 1.54) is 6.07 Å². The number of aromatic nitrogens is 4. The lowest BCUT2D eigenvalue weighted by atomic mass is 9.86. The summed E-state index contributed by atoms with van der Waals surface area (Å²) in [5.74, 6) is 0.481. The lowest BCUT2D eigenvalue weighted by Crippen LogP contribution is -2.25. The van der Waals surface area contributed by atoms with Gasteiger partial charge in [-0.25, -0.2) is 9.97 Å². The van der Waals surface area contributed by atoms with Gasteiger partial charge in [0, 0.05) is 16.4 Å². The van der Waals surface area contributed by atoms with Gasteiger partial charge in [-0.2, -0.15) is 18.2 Å². The predicted molar refractivity (Wildman–Crippen MR) is 137 cm³/mol. The van der Waals surface area contributed by atoms with Crippen molar-refractivity contribution < 1.29 is 31.6 Å². The first-order valence-corrected chi connectivity index (χ1v) is 13.0. The molecule has 0 fully saturated rings. The molecule has 2 aliphatic heterocycles. The van der Waals surface area contributed by atoms with Gasteiger partial charge in [0.05, 0.1) is 19.2 Å². The zero-order valence-corrected chi connectivity index (χ0v) is 22.3. The van der Waals surface area contributed by atoms with Crippen LogP contribution in [0, 0.1) is 0 Å². The molecule has 40 heavy (non-hydrogen) atoms. The Morgan fingerprint density at radius 1 is 1.15 bits per heavy atom. The summed E-state index contributed by atoms with van der Waals surface area (Å²) in [6.45, 7) is 5.76. The van der Waals surface area contributed by atoms with E-state index >= 15 is 0 Å². The number of fused-ring (bicyclic) bond motifs is 8. The molecule has 0 saturated heterocycles. The summed E-state index contributed by atoms with van der Waals surface area (Å²) >= 11 is 0. The highest BCUT2D eigenvalue weighted by Crippen LogP contribution is 2.38. The van der Waals surface area contributed by atoms with Crippen LogP contribution in [0.25, 0.3) is 22.4 Å². The zero-order valence-electron chi connectivity index (χ0n) is 22.3. The second-order valence-corrected chi connectivity index (χ2v) is 10.3. The number of ether oxygens (including phenoxy) is 1. The summed E-state index contributed by atoms with van der Waals surface area (Å²) in [4.78, 5) is 25.7. The fraction of sp³-hybridized carbons (Fsp3) is 0.444. The number of carbonyl (C=O) groups excluding carboxylic acids is 1. The first-order valence-electron chi connectivity index (χ1n) is 13.0. The zero-order chi connectivity index (χ0) is 28.7. The van der Waals surface area contributed by atoms with Crippen LogP contribution in [-0.4, -0.2) is 32.1 Å². The molecule has 4 aromatic rings. The Bertz CT molecular complexity index is 1550. The van der Waals surface area contributed by atoms with E-state index in [1.54, 1.807) is 12.1 Å². The normalized spacial score (nSPS) is 18.1. The summed E-state index contributed by atoms with van der Waals surface area (Å²) in [6, 6.07) is 5.38. The number of rotatable bonds is 2. The summed E-state index contributed by atoms with van der Waals surface area (Å²) in [5, 5.41) is 7.02. The van der Waals surface area contributed by atoms with Crippen molar-refractivity contribution in [2.75, 3.05) is 0 Å². The standard InChI is InChI=1S/C27H29F3N6O4/c1-4-14-6-5-11-26(2,3)25-34-20(36-40-25)13-32-23(37)22-18(12-31)39-24(35-22)16-7-9-17(38-14)21-15(16)8-10-19(33-21)27(28,29)30/h7-10,14H,4-6,11-13,31H2,1-3H3,(H,32,37)/t14-/m0/s1. The lowest BCUT2D eigenvalue weighted by Gasteiger charge is -2.23. The monoisotopic (exact) mass is 558 g/mol. The van der Waals surface area contributed by atoms with Gasteiger partial charge in [0.1, 0.15) is 17.0 Å². The Balaban J connectivity index is 1.64. The number of nitrogens with zero attached hydrogens (tertiary/aromatic N) is 4. The molecule has 0 radical (unpaired) electrons. The van der Waals surface area contributed by atoms with Crippen molar-refractivity contribution in [3.8, 4) is 17.2 Å². The number of nitrogens with one attached hydrogen (secondary N) is 1. The first-order chi connectivity index (χ1) is 19.0. The van der Waals surface area contributed by atoms with Crippen LogP contribution < -0.4 is 15.8 Å². The highest BCUT2D eigenvalue weighted by Gasteiger charge is 2.34. The number of benzene rings is 1. The van der Waals surface area contributed by atoms with E-state index in [2.05, 4.69) is 25.4 Å². The molecular weight excluding hydrogens is 529 g/mol. The molecule has 212 valence electrons. The lowest BCUT2D eigenvalue weighted by molar-refractivity contribution is -0.140. The van der Waals surface area contributed by atoms with Crippen molar-refractivity contribution in [1.82, 2.24) is 25.4 Å². The number of alkyl halides is 3. The molecule has 10 nitrogen and oxygen atoms in total. The second-order valence-electron chi connectivity index (χ2n) is 10.3. The maximum absolute atomic E-state index is 13.6. The number of nitrogens with two attached hydrogens (primary N) is 1. The minimum Gasteiger partial charge on any atom is -0.488 e. The number of oxazole rings is 1. The van der Waals surface area contributed by atoms with Crippen molar-refractivity contribution in [3.05, 3.63) is 53.1 Å². The van der Waals surface area contributed by atoms with Gasteiger partial charge >= 0.3 is 6.18 Å². The molecule has 6 rings (SSSR count). The summed E-state index contributed by atoms with van der Waals surface area (Å²) < 4.78 is 58.4. The van der Waals surface area contributed by atoms with Gasteiger partial charge in [-0.1, -0.05) is 25.9 Å². The Labute approximate surface area is 227 Å². The van der Waals surface area contributed by atoms with Gasteiger partial charge in [0.2, 0.25) is 11.8 Å². The third-order valence-corrected chi connectivity index (χ3v) is 6.97. The first kappa shape index (κ1) is 27.6. The van der Waals surface area contributed by atoms with Gasteiger partial charge in [-0.3, -0.25) is 4.79 Å². The Morgan fingerprint density at radius 3 is 2.67 bits per heavy atom. The SMILES string of the molecule is CC[C@H]1CCCC(C)(C)c2nc(no2)CNC(=O)c2nc(oc2CN)-c2ccc(c3nc(C(F)(F)F)ccc23)O1. The summed E-state index contributed by atoms with van der Waals surface area (Å²) in [5.41, 5.74) is 4.61. The van der Waals surface area contributed by atoms with Gasteiger partial charge in [-0.05, 0) is 49.9 Å². The molecule has 5 heterocycles. The third-order valence-electron chi connectivity index (χ3n) is 6.97. The Morgan fingerprint density at radius 2 is 1.95 bits per heavy atom. The van der Waals surface area contributed by atoms with E-state index in [4.69, 9.17) is 19.4 Å². The van der Waals surface area contributed by atoms with Gasteiger partial charge < -0.3 is 24.7 Å². The van der Waals surface area contributed by atoms with Gasteiger partial charge in [0.25, 0.3) is 5.91 Å². The molecule has 6 bridgehead atoms. The number of hydrogen-bond donors (Lipinski definition) is 2. The molecule has 1 aromatic carbocycles. The van der Waals surface area contributed by atoms with Crippen LogP contribution in [0.15, 0.2) is 33.2 Å². The van der Waals surface area contributed by atoms with Crippen molar-refractivity contribution in [2.45, 2.75) is 77.2 Å². The minimum absolute atomic E-state index is 0.0114. The van der Waals surface area contributed by atoms with Crippen molar-refractivity contribution in [3.63, 3.8) is 0 Å². The van der Waals surface area contributed by atoms with Gasteiger partial charge in [0.15, 0.2) is 17.3 Å². The molecule has 3 aromatic heterocycles. The van der Waals surface area contributed by atoms with Crippen LogP contribution in [0.2, 0.25) is 0 Å². The molecule has 1 atom stereocenters. The average molecular weight is 559 g/mol. The predicted octanol–water partition coefficient (Wildman–Crippen LogP) is 5.30. The molecular formula is C27H29F3N6O4. The van der Waals surface area contributed by atoms with Crippen LogP contribution in [-0.2, 0) is 24.7 Å². The number of carbonyl (C=O) groups is 1. The van der Waals surface area contributed by atoms with Crippen LogP contribution in [0.5, 0.6) is 5.75 Å². The smallest absolute Gasteiger partial charge is 0.433 e. The maximum Gasteiger partial charge on any atom is 0.433 e. The quantitative estimate of drug-likeness (QED) is 0.335. The molecule has 0 unspecified atom stereocenters. The fourth-order valence-electron chi connectivity index (χ4n) is 4.66. The number of amides is 1. The van der Waals surface area contributed by atoms with Crippen LogP contribution in [0.3, 0.4) is 0 Å². The van der Waals surface area contributed by atoms with Crippen LogP contribution in [0.1, 0.15) is 80.1 Å². The number of hydrogen-bond acceptors (Lipinski definition) is 9. The average Bonchev–Trinajstić information content (AvgIpc) is 3.58. The summed E-state index contributed by atoms with van der Waals surface area (Å²) in [7, 11) is 0. The second kappa shape index (κ2) is 10.5. The molecule has 0 aliphatic carbocycles. The van der Waals surface area contributed by atoms with Crippen molar-refractivity contribution >= 4 is 16.8 Å². The number of pyridine rings is 1. The Kier molecular flexibility index (Phi) is 7.25. The van der Waals surface area contributed by atoms with Gasteiger partial charge in [-0.15, -0.1) is 0 Å². The van der Waals surface area contributed by atoms with Crippen molar-refractivity contribution in [2.24, 2.45) is 5.73 Å². The fourth-order valence-corrected chi connectivity index (χ4v) is 4.66. The van der Waals surface area contributed by atoms with Crippen LogP contribution >= 0.6 is 0 Å². The maximum atomic E-state index is 13.6. The van der Waals surface area contributed by atoms with Crippen LogP contribution in [0.4, 0.5) is 13.2 Å². The largest absolute Gasteiger partial charge is 0.488 e. The molecule has 1 amide bonds. The van der Waals surface area contributed by atoms with E-state index in [0.29, 0.717) is 41.9 Å². The molecule has 0 saturated carbocycles.